The number of alkyl carbamates (subject to hydrolysis) is 1. The van der Waals surface area contributed by atoms with Crippen LogP contribution < -0.4 is 5.32 Å². The van der Waals surface area contributed by atoms with E-state index in [1.807, 2.05) is 19.9 Å². The summed E-state index contributed by atoms with van der Waals surface area (Å²) in [6.07, 6.45) is 9.63. The highest BCUT2D eigenvalue weighted by Crippen LogP contribution is 2.65. The van der Waals surface area contributed by atoms with Crippen LogP contribution in [0.3, 0.4) is 0 Å². The van der Waals surface area contributed by atoms with Gasteiger partial charge in [0.05, 0.1) is 12.2 Å². The van der Waals surface area contributed by atoms with Crippen LogP contribution in [0.4, 0.5) is 4.79 Å². The Morgan fingerprint density at radius 2 is 1.82 bits per heavy atom. The molecule has 1 amide bonds. The van der Waals surface area contributed by atoms with Gasteiger partial charge in [0.2, 0.25) is 0 Å². The lowest BCUT2D eigenvalue weighted by molar-refractivity contribution is -0.123. The van der Waals surface area contributed by atoms with Gasteiger partial charge in [-0.1, -0.05) is 67.0 Å². The number of nitrogens with one attached hydrogen (secondary N) is 1. The molecule has 3 aliphatic carbocycles. The molecule has 0 aliphatic heterocycles. The highest BCUT2D eigenvalue weighted by Gasteiger charge is 2.58. The molecule has 0 saturated heterocycles. The molecule has 0 bridgehead atoms. The van der Waals surface area contributed by atoms with Crippen molar-refractivity contribution in [1.82, 2.24) is 5.32 Å². The molecule has 0 aromatic heterocycles. The monoisotopic (exact) mass is 552 g/mol. The van der Waals surface area contributed by atoms with Gasteiger partial charge >= 0.3 is 6.09 Å². The maximum Gasteiger partial charge on any atom is 0.407 e. The van der Waals surface area contributed by atoms with Gasteiger partial charge in [0.15, 0.2) is 11.6 Å². The number of hydrogen-bond donors (Lipinski definition) is 1. The lowest BCUT2D eigenvalue weighted by Crippen LogP contribution is -2.58. The zero-order chi connectivity index (χ0) is 30.3. The molecular formula is C34H52N2O4. The highest BCUT2D eigenvalue weighted by molar-refractivity contribution is 6.02. The number of nitriles is 1. The standard InChI is InChI=1S/C34H52N2O4/c1-11-40-29(39)36-34(16-14-30(5,6)19-22(34)2)17-15-31(7,8)33(10)13-12-26-24(4)28(38)25(21-35)20-32(26,9)27(33)18-23(3)37/h18,20,22,24,26H,11-17,19H2,1-10H3,(H,36,39)/b27-18-/t22?,24-,26-,32-,33+,34-/m0/s1. The molecule has 6 nitrogen and oxygen atoms in total. The highest BCUT2D eigenvalue weighted by atomic mass is 16.5. The van der Waals surface area contributed by atoms with Crippen LogP contribution in [0.1, 0.15) is 114 Å². The minimum Gasteiger partial charge on any atom is -0.450 e. The third kappa shape index (κ3) is 5.68. The van der Waals surface area contributed by atoms with Crippen LogP contribution in [0.2, 0.25) is 0 Å². The van der Waals surface area contributed by atoms with Crippen molar-refractivity contribution in [2.45, 2.75) is 120 Å². The predicted octanol–water partition coefficient (Wildman–Crippen LogP) is 7.73. The van der Waals surface area contributed by atoms with Gasteiger partial charge in [0.1, 0.15) is 6.07 Å². The second-order valence-electron chi connectivity index (χ2n) is 14.9. The fraction of sp³-hybridized carbons (Fsp3) is 0.765. The molecule has 2 fully saturated rings. The Hall–Kier alpha value is -2.42. The number of rotatable bonds is 7. The van der Waals surface area contributed by atoms with Crippen molar-refractivity contribution in [1.29, 1.82) is 5.26 Å². The van der Waals surface area contributed by atoms with E-state index in [2.05, 4.69) is 59.9 Å². The van der Waals surface area contributed by atoms with Crippen molar-refractivity contribution in [3.63, 3.8) is 0 Å². The van der Waals surface area contributed by atoms with Gasteiger partial charge in [-0.05, 0) is 93.0 Å². The van der Waals surface area contributed by atoms with E-state index in [0.29, 0.717) is 6.61 Å². The van der Waals surface area contributed by atoms with Crippen molar-refractivity contribution in [3.8, 4) is 6.07 Å². The summed E-state index contributed by atoms with van der Waals surface area (Å²) in [5.41, 5.74) is -0.0271. The summed E-state index contributed by atoms with van der Waals surface area (Å²) in [6.45, 7) is 21.5. The van der Waals surface area contributed by atoms with Crippen molar-refractivity contribution >= 4 is 17.7 Å². The van der Waals surface area contributed by atoms with E-state index >= 15 is 0 Å². The first-order chi connectivity index (χ1) is 18.4. The average Bonchev–Trinajstić information content (AvgIpc) is 2.84. The fourth-order valence-electron chi connectivity index (χ4n) is 8.47. The van der Waals surface area contributed by atoms with E-state index < -0.39 is 5.41 Å². The molecule has 222 valence electrons. The summed E-state index contributed by atoms with van der Waals surface area (Å²) in [5.74, 6) is -0.0358. The van der Waals surface area contributed by atoms with Gasteiger partial charge in [-0.2, -0.15) is 5.26 Å². The summed E-state index contributed by atoms with van der Waals surface area (Å²) in [6, 6.07) is 2.14. The summed E-state index contributed by atoms with van der Waals surface area (Å²) >= 11 is 0. The summed E-state index contributed by atoms with van der Waals surface area (Å²) in [5, 5.41) is 13.1. The molecule has 3 rings (SSSR count). The third-order valence-corrected chi connectivity index (χ3v) is 11.5. The van der Waals surface area contributed by atoms with Crippen LogP contribution in [-0.4, -0.2) is 29.8 Å². The first kappa shape index (κ1) is 32.1. The Bertz CT molecular complexity index is 1140. The SMILES string of the molecule is CCOC(=O)N[C@]1(CCC(C)(C)[C@]2(C)CC[C@H]3[C@H](C)C(=O)C(C#N)=C[C@]3(C)/C2=C/C(C)=O)CCC(C)(C)CC1C. The lowest BCUT2D eigenvalue weighted by Gasteiger charge is -2.60. The lowest BCUT2D eigenvalue weighted by atomic mass is 9.44. The molecular weight excluding hydrogens is 500 g/mol. The van der Waals surface area contributed by atoms with Crippen molar-refractivity contribution in [2.24, 2.45) is 39.4 Å². The zero-order valence-corrected chi connectivity index (χ0v) is 26.6. The molecule has 6 heteroatoms. The first-order valence-corrected chi connectivity index (χ1v) is 15.2. The van der Waals surface area contributed by atoms with Gasteiger partial charge in [-0.3, -0.25) is 9.59 Å². The predicted molar refractivity (Wildman–Crippen MR) is 158 cm³/mol. The Kier molecular flexibility index (Phi) is 8.91. The van der Waals surface area contributed by atoms with Crippen LogP contribution in [0.15, 0.2) is 23.3 Å². The summed E-state index contributed by atoms with van der Waals surface area (Å²) < 4.78 is 5.35. The number of nitrogens with zero attached hydrogens (tertiary/aromatic N) is 1. The molecule has 0 radical (unpaired) electrons. The number of carbonyl (C=O) groups excluding carboxylic acids is 3. The largest absolute Gasteiger partial charge is 0.450 e. The number of hydrogen-bond acceptors (Lipinski definition) is 5. The molecule has 0 heterocycles. The summed E-state index contributed by atoms with van der Waals surface area (Å²) in [4.78, 5) is 38.4. The third-order valence-electron chi connectivity index (χ3n) is 11.5. The Balaban J connectivity index is 2.03. The van der Waals surface area contributed by atoms with E-state index in [9.17, 15) is 19.6 Å². The van der Waals surface area contributed by atoms with Crippen LogP contribution >= 0.6 is 0 Å². The van der Waals surface area contributed by atoms with Crippen LogP contribution in [0, 0.1) is 50.7 Å². The van der Waals surface area contributed by atoms with Crippen LogP contribution in [-0.2, 0) is 14.3 Å². The molecule has 1 N–H and O–H groups in total. The molecule has 6 atom stereocenters. The first-order valence-electron chi connectivity index (χ1n) is 15.2. The minimum absolute atomic E-state index is 0.0149. The van der Waals surface area contributed by atoms with Crippen molar-refractivity contribution in [2.75, 3.05) is 6.61 Å². The number of ether oxygens (including phenoxy) is 1. The molecule has 0 spiro atoms. The summed E-state index contributed by atoms with van der Waals surface area (Å²) in [7, 11) is 0. The fourth-order valence-corrected chi connectivity index (χ4v) is 8.47. The van der Waals surface area contributed by atoms with E-state index in [4.69, 9.17) is 4.74 Å². The number of Topliss-reactive ketones (excluding diaryl/α,β-unsaturated/α-hetero) is 1. The smallest absolute Gasteiger partial charge is 0.407 e. The van der Waals surface area contributed by atoms with Gasteiger partial charge in [-0.15, -0.1) is 0 Å². The van der Waals surface area contributed by atoms with Gasteiger partial charge in [-0.25, -0.2) is 4.79 Å². The topological polar surface area (TPSA) is 96.3 Å². The molecule has 2 saturated carbocycles. The van der Waals surface area contributed by atoms with E-state index in [-0.39, 0.29) is 62.8 Å². The van der Waals surface area contributed by atoms with E-state index in [1.165, 1.54) is 0 Å². The molecule has 40 heavy (non-hydrogen) atoms. The Morgan fingerprint density at radius 3 is 2.38 bits per heavy atom. The van der Waals surface area contributed by atoms with Crippen molar-refractivity contribution in [3.05, 3.63) is 23.3 Å². The van der Waals surface area contributed by atoms with Crippen LogP contribution in [0.5, 0.6) is 0 Å². The minimum atomic E-state index is -0.558. The number of carbonyl (C=O) groups is 3. The second kappa shape index (κ2) is 11.1. The van der Waals surface area contributed by atoms with E-state index in [1.54, 1.807) is 13.0 Å². The van der Waals surface area contributed by atoms with Gasteiger partial charge < -0.3 is 10.1 Å². The van der Waals surface area contributed by atoms with Crippen molar-refractivity contribution < 1.29 is 19.1 Å². The Labute approximate surface area is 242 Å². The number of allylic oxidation sites excluding steroid dienone is 4. The normalized spacial score (nSPS) is 36.7. The maximum absolute atomic E-state index is 12.9. The maximum atomic E-state index is 12.9. The molecule has 3 aliphatic rings. The van der Waals surface area contributed by atoms with Crippen LogP contribution in [0.25, 0.3) is 0 Å². The average molecular weight is 553 g/mol. The molecule has 0 aromatic carbocycles. The number of fused-ring (bicyclic) bond motifs is 1. The zero-order valence-electron chi connectivity index (χ0n) is 26.6. The van der Waals surface area contributed by atoms with Gasteiger partial charge in [0, 0.05) is 16.9 Å². The quantitative estimate of drug-likeness (QED) is 0.326. The number of ketones is 2. The Morgan fingerprint density at radius 1 is 1.18 bits per heavy atom. The number of amides is 1. The molecule has 0 aromatic rings. The molecule has 1 unspecified atom stereocenters. The second-order valence-corrected chi connectivity index (χ2v) is 14.9. The van der Waals surface area contributed by atoms with E-state index in [0.717, 1.165) is 50.5 Å². The van der Waals surface area contributed by atoms with Gasteiger partial charge in [0.25, 0.3) is 0 Å².